The van der Waals surface area contributed by atoms with E-state index < -0.39 is 10.0 Å². The molecule has 1 N–H and O–H groups in total. The zero-order valence-corrected chi connectivity index (χ0v) is 18.8. The van der Waals surface area contributed by atoms with Crippen LogP contribution < -0.4 is 9.46 Å². The van der Waals surface area contributed by atoms with Crippen molar-refractivity contribution in [1.82, 2.24) is 24.2 Å². The van der Waals surface area contributed by atoms with Crippen LogP contribution in [0.5, 0.6) is 5.75 Å². The Hall–Kier alpha value is -2.53. The van der Waals surface area contributed by atoms with E-state index in [-0.39, 0.29) is 4.90 Å². The van der Waals surface area contributed by atoms with Crippen molar-refractivity contribution in [2.24, 2.45) is 0 Å². The van der Waals surface area contributed by atoms with Crippen molar-refractivity contribution in [3.05, 3.63) is 41.9 Å². The second kappa shape index (κ2) is 8.91. The molecule has 0 spiro atoms. The summed E-state index contributed by atoms with van der Waals surface area (Å²) < 4.78 is 41.3. The number of aryl methyl sites for hydroxylation is 2. The number of aromatic nitrogens is 3. The summed E-state index contributed by atoms with van der Waals surface area (Å²) in [6.07, 6.45) is 1.71. The number of fused-ring (bicyclic) bond motifs is 1. The number of nitrogens with one attached hydrogen (secondary N) is 1. The molecule has 3 heterocycles. The fourth-order valence-corrected chi connectivity index (χ4v) is 4.98. The summed E-state index contributed by atoms with van der Waals surface area (Å²) >= 11 is 0. The van der Waals surface area contributed by atoms with Gasteiger partial charge in [0.25, 0.3) is 0 Å². The lowest BCUT2D eigenvalue weighted by atomic mass is 10.1. The molecule has 1 aliphatic rings. The van der Waals surface area contributed by atoms with Crippen LogP contribution in [0.25, 0.3) is 16.8 Å². The van der Waals surface area contributed by atoms with Crippen molar-refractivity contribution in [1.29, 1.82) is 0 Å². The Morgan fingerprint density at radius 1 is 1.19 bits per heavy atom. The summed E-state index contributed by atoms with van der Waals surface area (Å²) in [6, 6.07) is 7.05. The largest absolute Gasteiger partial charge is 0.495 e. The van der Waals surface area contributed by atoms with Gasteiger partial charge in [0.15, 0.2) is 5.65 Å². The normalized spacial score (nSPS) is 15.5. The van der Waals surface area contributed by atoms with Crippen LogP contribution in [-0.2, 0) is 14.8 Å². The molecular formula is C21H27N5O4S. The van der Waals surface area contributed by atoms with Crippen LogP contribution in [0.2, 0.25) is 0 Å². The lowest BCUT2D eigenvalue weighted by Gasteiger charge is -2.26. The maximum Gasteiger partial charge on any atom is 0.244 e. The third kappa shape index (κ3) is 4.57. The van der Waals surface area contributed by atoms with Crippen LogP contribution in [-0.4, -0.2) is 74.4 Å². The van der Waals surface area contributed by atoms with Gasteiger partial charge >= 0.3 is 0 Å². The molecule has 1 fully saturated rings. The van der Waals surface area contributed by atoms with Crippen molar-refractivity contribution in [2.45, 2.75) is 18.7 Å². The first-order chi connectivity index (χ1) is 14.9. The Labute approximate surface area is 182 Å². The Bertz CT molecular complexity index is 1190. The number of nitrogens with zero attached hydrogens (tertiary/aromatic N) is 4. The molecule has 1 aliphatic heterocycles. The molecule has 9 nitrogen and oxygen atoms in total. The quantitative estimate of drug-likeness (QED) is 0.590. The van der Waals surface area contributed by atoms with E-state index in [1.807, 2.05) is 26.0 Å². The highest BCUT2D eigenvalue weighted by molar-refractivity contribution is 7.89. The monoisotopic (exact) mass is 445 g/mol. The van der Waals surface area contributed by atoms with Crippen LogP contribution in [0, 0.1) is 13.8 Å². The molecule has 2 aromatic heterocycles. The van der Waals surface area contributed by atoms with Crippen LogP contribution in [0.1, 0.15) is 11.4 Å². The van der Waals surface area contributed by atoms with Gasteiger partial charge in [-0.05, 0) is 37.6 Å². The van der Waals surface area contributed by atoms with E-state index in [2.05, 4.69) is 19.7 Å². The van der Waals surface area contributed by atoms with Gasteiger partial charge in [0.2, 0.25) is 10.0 Å². The van der Waals surface area contributed by atoms with Gasteiger partial charge in [-0.25, -0.2) is 22.6 Å². The van der Waals surface area contributed by atoms with E-state index in [0.29, 0.717) is 43.3 Å². The number of ether oxygens (including phenoxy) is 2. The number of sulfonamides is 1. The lowest BCUT2D eigenvalue weighted by Crippen LogP contribution is -2.41. The Morgan fingerprint density at radius 3 is 2.71 bits per heavy atom. The van der Waals surface area contributed by atoms with Gasteiger partial charge in [-0.1, -0.05) is 6.07 Å². The first kappa shape index (κ1) is 21.7. The smallest absolute Gasteiger partial charge is 0.244 e. The van der Waals surface area contributed by atoms with Gasteiger partial charge in [0.1, 0.15) is 10.6 Å². The standard InChI is InChI=1S/C21H27N5O4S/c1-15-12-16(2)26-21(24-15)18(14-22-26)17-4-5-19(29-3)20(13-17)31(27,28)23-6-7-25-8-10-30-11-9-25/h4-5,12-14,23H,6-11H2,1-3H3. The molecule has 1 saturated heterocycles. The molecule has 31 heavy (non-hydrogen) atoms. The number of morpholine rings is 1. The van der Waals surface area contributed by atoms with E-state index in [1.54, 1.807) is 22.8 Å². The minimum atomic E-state index is -3.77. The third-order valence-electron chi connectivity index (χ3n) is 5.37. The Morgan fingerprint density at radius 2 is 1.97 bits per heavy atom. The number of benzene rings is 1. The van der Waals surface area contributed by atoms with Crippen molar-refractivity contribution in [2.75, 3.05) is 46.5 Å². The molecule has 0 saturated carbocycles. The SMILES string of the molecule is COc1ccc(-c2cnn3c(C)cc(C)nc23)cc1S(=O)(=O)NCCN1CCOCC1. The van der Waals surface area contributed by atoms with Crippen molar-refractivity contribution in [3.8, 4) is 16.9 Å². The molecule has 0 aliphatic carbocycles. The van der Waals surface area contributed by atoms with E-state index in [9.17, 15) is 8.42 Å². The van der Waals surface area contributed by atoms with Gasteiger partial charge in [-0.2, -0.15) is 5.10 Å². The predicted molar refractivity (Wildman–Crippen MR) is 117 cm³/mol. The van der Waals surface area contributed by atoms with Gasteiger partial charge in [0, 0.05) is 43.1 Å². The van der Waals surface area contributed by atoms with E-state index in [1.165, 1.54) is 7.11 Å². The number of hydrogen-bond acceptors (Lipinski definition) is 7. The van der Waals surface area contributed by atoms with Crippen molar-refractivity contribution < 1.29 is 17.9 Å². The molecule has 1 aromatic carbocycles. The molecule has 10 heteroatoms. The van der Waals surface area contributed by atoms with Gasteiger partial charge < -0.3 is 9.47 Å². The van der Waals surface area contributed by atoms with Crippen molar-refractivity contribution in [3.63, 3.8) is 0 Å². The maximum atomic E-state index is 13.1. The zero-order chi connectivity index (χ0) is 22.0. The van der Waals surface area contributed by atoms with Crippen LogP contribution in [0.3, 0.4) is 0 Å². The first-order valence-corrected chi connectivity index (χ1v) is 11.7. The van der Waals surface area contributed by atoms with Crippen LogP contribution in [0.15, 0.2) is 35.4 Å². The van der Waals surface area contributed by atoms with Crippen LogP contribution in [0.4, 0.5) is 0 Å². The molecule has 0 atom stereocenters. The second-order valence-electron chi connectivity index (χ2n) is 7.55. The summed E-state index contributed by atoms with van der Waals surface area (Å²) in [7, 11) is -2.30. The Balaban J connectivity index is 1.63. The topological polar surface area (TPSA) is 98.1 Å². The van der Waals surface area contributed by atoms with Gasteiger partial charge in [-0.15, -0.1) is 0 Å². The maximum absolute atomic E-state index is 13.1. The van der Waals surface area contributed by atoms with Crippen LogP contribution >= 0.6 is 0 Å². The van der Waals surface area contributed by atoms with Gasteiger partial charge in [-0.3, -0.25) is 4.90 Å². The average Bonchev–Trinajstić information content (AvgIpc) is 3.18. The molecule has 4 rings (SSSR count). The number of hydrogen-bond donors (Lipinski definition) is 1. The molecule has 166 valence electrons. The molecule has 0 radical (unpaired) electrons. The van der Waals surface area contributed by atoms with E-state index in [4.69, 9.17) is 9.47 Å². The fourth-order valence-electron chi connectivity index (χ4n) is 3.77. The molecule has 0 unspecified atom stereocenters. The summed E-state index contributed by atoms with van der Waals surface area (Å²) in [5.74, 6) is 0.291. The highest BCUT2D eigenvalue weighted by Gasteiger charge is 2.22. The Kier molecular flexibility index (Phi) is 6.24. The summed E-state index contributed by atoms with van der Waals surface area (Å²) in [4.78, 5) is 6.87. The second-order valence-corrected chi connectivity index (χ2v) is 9.29. The highest BCUT2D eigenvalue weighted by Crippen LogP contribution is 2.31. The molecular weight excluding hydrogens is 418 g/mol. The summed E-state index contributed by atoms with van der Waals surface area (Å²) in [6.45, 7) is 7.78. The van der Waals surface area contributed by atoms with Gasteiger partial charge in [0.05, 0.1) is 26.5 Å². The molecule has 0 bridgehead atoms. The van der Waals surface area contributed by atoms with Crippen molar-refractivity contribution >= 4 is 15.7 Å². The first-order valence-electron chi connectivity index (χ1n) is 10.2. The fraction of sp³-hybridized carbons (Fsp3) is 0.429. The van der Waals surface area contributed by atoms with E-state index in [0.717, 1.165) is 30.0 Å². The predicted octanol–water partition coefficient (Wildman–Crippen LogP) is 1.63. The van der Waals surface area contributed by atoms with E-state index >= 15 is 0 Å². The molecule has 0 amide bonds. The summed E-state index contributed by atoms with van der Waals surface area (Å²) in [5.41, 5.74) is 3.99. The minimum Gasteiger partial charge on any atom is -0.495 e. The summed E-state index contributed by atoms with van der Waals surface area (Å²) in [5, 5.41) is 4.41. The number of rotatable bonds is 7. The highest BCUT2D eigenvalue weighted by atomic mass is 32.2. The lowest BCUT2D eigenvalue weighted by molar-refractivity contribution is 0.0390. The minimum absolute atomic E-state index is 0.0956. The molecule has 3 aromatic rings. The average molecular weight is 446 g/mol. The number of methoxy groups -OCH3 is 1. The third-order valence-corrected chi connectivity index (χ3v) is 6.85. The zero-order valence-electron chi connectivity index (χ0n) is 18.0.